The van der Waals surface area contributed by atoms with Crippen molar-refractivity contribution in [3.05, 3.63) is 32.5 Å². The molecule has 80 valence electrons. The van der Waals surface area contributed by atoms with Gasteiger partial charge in [-0.05, 0) is 44.6 Å². The maximum Gasteiger partial charge on any atom is 0.195 e. The maximum atomic E-state index is 5.16. The van der Waals surface area contributed by atoms with Crippen molar-refractivity contribution in [3.63, 3.8) is 0 Å². The van der Waals surface area contributed by atoms with Crippen molar-refractivity contribution < 1.29 is 0 Å². The molecule has 0 aliphatic carbocycles. The highest BCUT2D eigenvalue weighted by atomic mass is 32.1. The van der Waals surface area contributed by atoms with Crippen molar-refractivity contribution in [1.82, 2.24) is 14.8 Å². The molecule has 2 aromatic heterocycles. The zero-order valence-corrected chi connectivity index (χ0v) is 10.6. The minimum absolute atomic E-state index is 0.251. The average Bonchev–Trinajstić information content (AvgIpc) is 2.71. The van der Waals surface area contributed by atoms with E-state index in [0.717, 1.165) is 0 Å². The molecule has 2 aromatic rings. The fourth-order valence-corrected chi connectivity index (χ4v) is 3.02. The summed E-state index contributed by atoms with van der Waals surface area (Å²) in [5.74, 6) is 0. The number of hydrogen-bond acceptors (Lipinski definition) is 3. The number of rotatable bonds is 2. The van der Waals surface area contributed by atoms with E-state index in [1.807, 2.05) is 15.9 Å². The van der Waals surface area contributed by atoms with Crippen LogP contribution < -0.4 is 0 Å². The summed E-state index contributed by atoms with van der Waals surface area (Å²) in [6, 6.07) is 2.47. The van der Waals surface area contributed by atoms with E-state index in [-0.39, 0.29) is 6.04 Å². The number of aromatic nitrogens is 3. The van der Waals surface area contributed by atoms with Gasteiger partial charge in [-0.3, -0.25) is 9.67 Å². The molecule has 0 aromatic carbocycles. The number of aromatic amines is 1. The lowest BCUT2D eigenvalue weighted by molar-refractivity contribution is 0.627. The van der Waals surface area contributed by atoms with Gasteiger partial charge in [0.2, 0.25) is 0 Å². The third-order valence-electron chi connectivity index (χ3n) is 2.52. The van der Waals surface area contributed by atoms with E-state index in [9.17, 15) is 0 Å². The molecule has 0 saturated heterocycles. The first-order chi connectivity index (χ1) is 7.09. The summed E-state index contributed by atoms with van der Waals surface area (Å²) in [5, 5.41) is 6.72. The van der Waals surface area contributed by atoms with Crippen LogP contribution in [0, 0.1) is 18.6 Å². The summed E-state index contributed by atoms with van der Waals surface area (Å²) in [5.41, 5.74) is 1.33. The van der Waals surface area contributed by atoms with E-state index in [0.29, 0.717) is 4.77 Å². The smallest absolute Gasteiger partial charge is 0.195 e. The first kappa shape index (κ1) is 10.6. The molecule has 15 heavy (non-hydrogen) atoms. The van der Waals surface area contributed by atoms with E-state index >= 15 is 0 Å². The first-order valence-corrected chi connectivity index (χ1v) is 6.00. The van der Waals surface area contributed by atoms with Crippen molar-refractivity contribution in [2.45, 2.75) is 26.8 Å². The summed E-state index contributed by atoms with van der Waals surface area (Å²) in [7, 11) is 0. The lowest BCUT2D eigenvalue weighted by Gasteiger charge is -2.11. The first-order valence-electron chi connectivity index (χ1n) is 4.78. The normalized spacial score (nSPS) is 13.0. The fraction of sp³-hybridized carbons (Fsp3) is 0.400. The Morgan fingerprint density at radius 1 is 1.53 bits per heavy atom. The number of aryl methyl sites for hydroxylation is 2. The predicted octanol–water partition coefficient (Wildman–Crippen LogP) is 3.23. The van der Waals surface area contributed by atoms with Gasteiger partial charge in [0.1, 0.15) is 6.33 Å². The van der Waals surface area contributed by atoms with E-state index in [1.165, 1.54) is 15.3 Å². The molecule has 1 unspecified atom stereocenters. The van der Waals surface area contributed by atoms with E-state index < -0.39 is 0 Å². The van der Waals surface area contributed by atoms with Gasteiger partial charge in [0.15, 0.2) is 4.77 Å². The number of hydrogen-bond donors (Lipinski definition) is 1. The van der Waals surface area contributed by atoms with Crippen molar-refractivity contribution in [1.29, 1.82) is 0 Å². The van der Waals surface area contributed by atoms with Crippen LogP contribution in [-0.4, -0.2) is 14.8 Å². The Bertz CT molecular complexity index is 521. The molecule has 1 N–H and O–H groups in total. The van der Waals surface area contributed by atoms with Gasteiger partial charge in [-0.2, -0.15) is 5.10 Å². The molecule has 0 aliphatic heterocycles. The molecule has 2 rings (SSSR count). The summed E-state index contributed by atoms with van der Waals surface area (Å²) in [6.45, 7) is 6.41. The molecule has 0 amide bonds. The second-order valence-corrected chi connectivity index (χ2v) is 5.46. The van der Waals surface area contributed by atoms with Gasteiger partial charge in [0, 0.05) is 9.75 Å². The van der Waals surface area contributed by atoms with Crippen molar-refractivity contribution in [2.24, 2.45) is 0 Å². The molecule has 0 saturated carbocycles. The fourth-order valence-electron chi connectivity index (χ4n) is 1.75. The largest absolute Gasteiger partial charge is 0.299 e. The van der Waals surface area contributed by atoms with Crippen LogP contribution in [0.25, 0.3) is 0 Å². The van der Waals surface area contributed by atoms with Gasteiger partial charge in [-0.1, -0.05) is 0 Å². The highest BCUT2D eigenvalue weighted by molar-refractivity contribution is 7.71. The monoisotopic (exact) mass is 239 g/mol. The van der Waals surface area contributed by atoms with E-state index in [1.54, 1.807) is 6.33 Å². The molecular weight excluding hydrogens is 226 g/mol. The Morgan fingerprint density at radius 2 is 2.27 bits per heavy atom. The van der Waals surface area contributed by atoms with Crippen LogP contribution in [0.1, 0.15) is 28.3 Å². The van der Waals surface area contributed by atoms with Gasteiger partial charge < -0.3 is 0 Å². The zero-order chi connectivity index (χ0) is 11.0. The summed E-state index contributed by atoms with van der Waals surface area (Å²) in [4.78, 5) is 2.69. The van der Waals surface area contributed by atoms with Crippen LogP contribution >= 0.6 is 23.6 Å². The maximum absolute atomic E-state index is 5.16. The molecule has 2 heterocycles. The van der Waals surface area contributed by atoms with Gasteiger partial charge in [-0.15, -0.1) is 11.3 Å². The number of nitrogens with one attached hydrogen (secondary N) is 1. The second kappa shape index (κ2) is 3.90. The van der Waals surface area contributed by atoms with Gasteiger partial charge in [0.25, 0.3) is 0 Å². The highest BCUT2D eigenvalue weighted by Gasteiger charge is 2.13. The standard InChI is InChI=1S/C10H13N3S2/c1-6-4-9(8(3)15-6)7(2)13-5-11-12-10(13)14/h4-5,7H,1-3H3,(H,12,14). The quantitative estimate of drug-likeness (QED) is 0.816. The highest BCUT2D eigenvalue weighted by Crippen LogP contribution is 2.28. The van der Waals surface area contributed by atoms with Crippen molar-refractivity contribution in [2.75, 3.05) is 0 Å². The summed E-state index contributed by atoms with van der Waals surface area (Å²) in [6.07, 6.45) is 1.75. The Hall–Kier alpha value is -0.940. The number of thiophene rings is 1. The number of H-pyrrole nitrogens is 1. The van der Waals surface area contributed by atoms with Crippen LogP contribution in [-0.2, 0) is 0 Å². The Labute approximate surface area is 97.8 Å². The van der Waals surface area contributed by atoms with E-state index in [4.69, 9.17) is 12.2 Å². The molecule has 0 aliphatic rings. The van der Waals surface area contributed by atoms with E-state index in [2.05, 4.69) is 37.0 Å². The van der Waals surface area contributed by atoms with Crippen LogP contribution in [0.5, 0.6) is 0 Å². The molecular formula is C10H13N3S2. The Balaban J connectivity index is 2.45. The topological polar surface area (TPSA) is 33.6 Å². The van der Waals surface area contributed by atoms with Gasteiger partial charge >= 0.3 is 0 Å². The third kappa shape index (κ3) is 1.89. The minimum atomic E-state index is 0.251. The molecule has 0 bridgehead atoms. The van der Waals surface area contributed by atoms with Crippen molar-refractivity contribution >= 4 is 23.6 Å². The van der Waals surface area contributed by atoms with Gasteiger partial charge in [0.05, 0.1) is 6.04 Å². The minimum Gasteiger partial charge on any atom is -0.299 e. The number of nitrogens with zero attached hydrogens (tertiary/aromatic N) is 2. The molecule has 0 radical (unpaired) electrons. The third-order valence-corrected chi connectivity index (χ3v) is 3.81. The summed E-state index contributed by atoms with van der Waals surface area (Å²) < 4.78 is 2.65. The summed E-state index contributed by atoms with van der Waals surface area (Å²) >= 11 is 6.98. The Kier molecular flexibility index (Phi) is 2.75. The predicted molar refractivity (Wildman–Crippen MR) is 65.0 cm³/mol. The Morgan fingerprint density at radius 3 is 2.73 bits per heavy atom. The molecule has 0 spiro atoms. The van der Waals surface area contributed by atoms with Crippen LogP contribution in [0.4, 0.5) is 0 Å². The lowest BCUT2D eigenvalue weighted by atomic mass is 10.1. The van der Waals surface area contributed by atoms with Crippen molar-refractivity contribution in [3.8, 4) is 0 Å². The zero-order valence-electron chi connectivity index (χ0n) is 8.94. The SMILES string of the molecule is Cc1cc(C(C)n2cn[nH]c2=S)c(C)s1. The average molecular weight is 239 g/mol. The van der Waals surface area contributed by atoms with Crippen LogP contribution in [0.3, 0.4) is 0 Å². The van der Waals surface area contributed by atoms with Crippen LogP contribution in [0.15, 0.2) is 12.4 Å². The molecule has 5 heteroatoms. The van der Waals surface area contributed by atoms with Gasteiger partial charge in [-0.25, -0.2) is 0 Å². The molecule has 3 nitrogen and oxygen atoms in total. The molecule has 1 atom stereocenters. The second-order valence-electron chi connectivity index (χ2n) is 3.61. The van der Waals surface area contributed by atoms with Crippen LogP contribution in [0.2, 0.25) is 0 Å². The molecule has 0 fully saturated rings. The lowest BCUT2D eigenvalue weighted by Crippen LogP contribution is -2.05.